The second kappa shape index (κ2) is 7.46. The Bertz CT molecular complexity index is 888. The van der Waals surface area contributed by atoms with E-state index in [1.165, 1.54) is 35.6 Å². The smallest absolute Gasteiger partial charge is 0.406 e. The first-order valence-corrected chi connectivity index (χ1v) is 9.20. The number of hydrogen-bond acceptors (Lipinski definition) is 5. The van der Waals surface area contributed by atoms with Gasteiger partial charge in [-0.2, -0.15) is 11.3 Å². The zero-order valence-corrected chi connectivity index (χ0v) is 15.1. The maximum absolute atomic E-state index is 12.4. The van der Waals surface area contributed by atoms with E-state index in [1.54, 1.807) is 18.3 Å². The van der Waals surface area contributed by atoms with Gasteiger partial charge in [0.05, 0.1) is 5.69 Å². The van der Waals surface area contributed by atoms with Crippen molar-refractivity contribution in [3.05, 3.63) is 57.2 Å². The number of nitrogens with one attached hydrogen (secondary N) is 1. The van der Waals surface area contributed by atoms with Crippen molar-refractivity contribution < 1.29 is 22.7 Å². The standard InChI is InChI=1S/C17H13F3N2O2S2/c1-10-14(26-16(22-10)12-6-7-25-9-12)15(23)21-8-11-2-4-13(5-3-11)24-17(18,19)20/h2-7,9H,8H2,1H3,(H,21,23). The van der Waals surface area contributed by atoms with Gasteiger partial charge in [-0.3, -0.25) is 4.79 Å². The molecule has 0 radical (unpaired) electrons. The van der Waals surface area contributed by atoms with Gasteiger partial charge in [0.2, 0.25) is 0 Å². The number of hydrogen-bond donors (Lipinski definition) is 1. The van der Waals surface area contributed by atoms with Crippen molar-refractivity contribution in [3.8, 4) is 16.3 Å². The molecule has 1 aromatic carbocycles. The average Bonchev–Trinajstić information content (AvgIpc) is 3.22. The van der Waals surface area contributed by atoms with Crippen molar-refractivity contribution in [2.45, 2.75) is 19.8 Å². The Labute approximate surface area is 155 Å². The number of ether oxygens (including phenoxy) is 1. The van der Waals surface area contributed by atoms with Gasteiger partial charge < -0.3 is 10.1 Å². The predicted molar refractivity (Wildman–Crippen MR) is 94.5 cm³/mol. The molecule has 0 saturated heterocycles. The first kappa shape index (κ1) is 18.4. The molecule has 136 valence electrons. The second-order valence-electron chi connectivity index (χ2n) is 5.32. The number of benzene rings is 1. The van der Waals surface area contributed by atoms with Gasteiger partial charge >= 0.3 is 6.36 Å². The van der Waals surface area contributed by atoms with Gasteiger partial charge in [0.25, 0.3) is 5.91 Å². The number of aryl methyl sites for hydroxylation is 1. The summed E-state index contributed by atoms with van der Waals surface area (Å²) in [5, 5.41) is 7.44. The summed E-state index contributed by atoms with van der Waals surface area (Å²) in [6.45, 7) is 1.96. The van der Waals surface area contributed by atoms with Crippen molar-refractivity contribution in [2.75, 3.05) is 0 Å². The molecule has 0 atom stereocenters. The molecule has 0 saturated carbocycles. The molecule has 0 aliphatic rings. The molecule has 0 aliphatic carbocycles. The zero-order chi connectivity index (χ0) is 18.7. The fraction of sp³-hybridized carbons (Fsp3) is 0.176. The number of halogens is 3. The lowest BCUT2D eigenvalue weighted by molar-refractivity contribution is -0.274. The third-order valence-electron chi connectivity index (χ3n) is 3.38. The van der Waals surface area contributed by atoms with Crippen molar-refractivity contribution in [1.29, 1.82) is 0 Å². The Balaban J connectivity index is 1.62. The molecule has 26 heavy (non-hydrogen) atoms. The Hall–Kier alpha value is -2.39. The lowest BCUT2D eigenvalue weighted by atomic mass is 10.2. The van der Waals surface area contributed by atoms with Gasteiger partial charge in [-0.15, -0.1) is 24.5 Å². The van der Waals surface area contributed by atoms with E-state index in [9.17, 15) is 18.0 Å². The van der Waals surface area contributed by atoms with Crippen LogP contribution < -0.4 is 10.1 Å². The summed E-state index contributed by atoms with van der Waals surface area (Å²) in [4.78, 5) is 17.3. The van der Waals surface area contributed by atoms with Crippen LogP contribution in [-0.4, -0.2) is 17.3 Å². The number of nitrogens with zero attached hydrogens (tertiary/aromatic N) is 1. The van der Waals surface area contributed by atoms with Crippen LogP contribution in [0.2, 0.25) is 0 Å². The highest BCUT2D eigenvalue weighted by Crippen LogP contribution is 2.29. The van der Waals surface area contributed by atoms with E-state index in [0.29, 0.717) is 16.1 Å². The maximum atomic E-state index is 12.4. The molecule has 1 amide bonds. The molecule has 0 fully saturated rings. The third kappa shape index (κ3) is 4.61. The van der Waals surface area contributed by atoms with Gasteiger partial charge in [-0.25, -0.2) is 4.98 Å². The molecule has 0 spiro atoms. The van der Waals surface area contributed by atoms with Crippen molar-refractivity contribution in [3.63, 3.8) is 0 Å². The lowest BCUT2D eigenvalue weighted by Gasteiger charge is -2.09. The highest BCUT2D eigenvalue weighted by Gasteiger charge is 2.30. The van der Waals surface area contributed by atoms with Crippen molar-refractivity contribution >= 4 is 28.6 Å². The lowest BCUT2D eigenvalue weighted by Crippen LogP contribution is -2.22. The number of carbonyl (C=O) groups excluding carboxylic acids is 1. The molecule has 0 bridgehead atoms. The van der Waals surface area contributed by atoms with Crippen LogP contribution in [0.1, 0.15) is 20.9 Å². The first-order chi connectivity index (χ1) is 12.3. The minimum absolute atomic E-state index is 0.191. The summed E-state index contributed by atoms with van der Waals surface area (Å²) in [6, 6.07) is 7.30. The van der Waals surface area contributed by atoms with Crippen LogP contribution in [0.15, 0.2) is 41.1 Å². The van der Waals surface area contributed by atoms with Gasteiger partial charge in [-0.1, -0.05) is 12.1 Å². The Kier molecular flexibility index (Phi) is 5.28. The summed E-state index contributed by atoms with van der Waals surface area (Å²) in [7, 11) is 0. The number of amides is 1. The van der Waals surface area contributed by atoms with E-state index in [2.05, 4.69) is 15.0 Å². The van der Waals surface area contributed by atoms with Gasteiger partial charge in [0.15, 0.2) is 0 Å². The largest absolute Gasteiger partial charge is 0.573 e. The van der Waals surface area contributed by atoms with E-state index in [4.69, 9.17) is 0 Å². The number of thiophene rings is 1. The van der Waals surface area contributed by atoms with E-state index >= 15 is 0 Å². The molecule has 9 heteroatoms. The minimum Gasteiger partial charge on any atom is -0.406 e. The molecule has 2 aromatic heterocycles. The van der Waals surface area contributed by atoms with E-state index < -0.39 is 6.36 Å². The predicted octanol–water partition coefficient (Wildman–Crippen LogP) is 5.01. The highest BCUT2D eigenvalue weighted by molar-refractivity contribution is 7.17. The van der Waals surface area contributed by atoms with Crippen LogP contribution in [0, 0.1) is 6.92 Å². The molecule has 2 heterocycles. The number of alkyl halides is 3. The van der Waals surface area contributed by atoms with Crippen LogP contribution in [-0.2, 0) is 6.54 Å². The van der Waals surface area contributed by atoms with E-state index in [0.717, 1.165) is 10.6 Å². The fourth-order valence-electron chi connectivity index (χ4n) is 2.19. The molecule has 3 rings (SSSR count). The topological polar surface area (TPSA) is 51.2 Å². The van der Waals surface area contributed by atoms with Crippen LogP contribution >= 0.6 is 22.7 Å². The van der Waals surface area contributed by atoms with Crippen molar-refractivity contribution in [1.82, 2.24) is 10.3 Å². The molecule has 1 N–H and O–H groups in total. The minimum atomic E-state index is -4.72. The number of carbonyl (C=O) groups is 1. The average molecular weight is 398 g/mol. The van der Waals surface area contributed by atoms with E-state index in [-0.39, 0.29) is 18.2 Å². The van der Waals surface area contributed by atoms with Gasteiger partial charge in [-0.05, 0) is 36.1 Å². The molecule has 3 aromatic rings. The summed E-state index contributed by atoms with van der Waals surface area (Å²) < 4.78 is 40.2. The fourth-order valence-corrected chi connectivity index (χ4v) is 3.88. The summed E-state index contributed by atoms with van der Waals surface area (Å²) >= 11 is 2.86. The van der Waals surface area contributed by atoms with Crippen molar-refractivity contribution in [2.24, 2.45) is 0 Å². The van der Waals surface area contributed by atoms with Crippen LogP contribution in [0.3, 0.4) is 0 Å². The SMILES string of the molecule is Cc1nc(-c2ccsc2)sc1C(=O)NCc1ccc(OC(F)(F)F)cc1. The number of rotatable bonds is 5. The Morgan fingerprint density at radius 3 is 2.58 bits per heavy atom. The maximum Gasteiger partial charge on any atom is 0.573 e. The van der Waals surface area contributed by atoms with Crippen LogP contribution in [0.25, 0.3) is 10.6 Å². The van der Waals surface area contributed by atoms with Crippen LogP contribution in [0.5, 0.6) is 5.75 Å². The second-order valence-corrected chi connectivity index (χ2v) is 7.10. The Morgan fingerprint density at radius 1 is 1.23 bits per heavy atom. The number of aromatic nitrogens is 1. The monoisotopic (exact) mass is 398 g/mol. The Morgan fingerprint density at radius 2 is 1.96 bits per heavy atom. The summed E-state index contributed by atoms with van der Waals surface area (Å²) in [5.41, 5.74) is 2.28. The number of thiazole rings is 1. The van der Waals surface area contributed by atoms with E-state index in [1.807, 2.05) is 16.8 Å². The molecular weight excluding hydrogens is 385 g/mol. The highest BCUT2D eigenvalue weighted by atomic mass is 32.1. The quantitative estimate of drug-likeness (QED) is 0.657. The summed E-state index contributed by atoms with van der Waals surface area (Å²) in [6.07, 6.45) is -4.72. The van der Waals surface area contributed by atoms with Crippen LogP contribution in [0.4, 0.5) is 13.2 Å². The molecule has 0 aliphatic heterocycles. The van der Waals surface area contributed by atoms with Gasteiger partial charge in [0.1, 0.15) is 15.6 Å². The third-order valence-corrected chi connectivity index (χ3v) is 5.27. The zero-order valence-electron chi connectivity index (χ0n) is 13.5. The normalized spacial score (nSPS) is 11.4. The molecular formula is C17H13F3N2O2S2. The first-order valence-electron chi connectivity index (χ1n) is 7.45. The summed E-state index contributed by atoms with van der Waals surface area (Å²) in [5.74, 6) is -0.566. The molecule has 4 nitrogen and oxygen atoms in total. The molecule has 0 unspecified atom stereocenters. The van der Waals surface area contributed by atoms with Gasteiger partial charge in [0, 0.05) is 17.5 Å².